The highest BCUT2D eigenvalue weighted by Crippen LogP contribution is 2.27. The summed E-state index contributed by atoms with van der Waals surface area (Å²) >= 11 is 0. The molecule has 0 aliphatic carbocycles. The fourth-order valence-corrected chi connectivity index (χ4v) is 4.38. The minimum atomic E-state index is 0.0408. The van der Waals surface area contributed by atoms with Gasteiger partial charge in [0.1, 0.15) is 12.4 Å². The molecule has 7 nitrogen and oxygen atoms in total. The molecule has 0 radical (unpaired) electrons. The normalized spacial score (nSPS) is 13.8. The van der Waals surface area contributed by atoms with Gasteiger partial charge in [0.05, 0.1) is 11.3 Å². The zero-order valence-corrected chi connectivity index (χ0v) is 19.3. The quantitative estimate of drug-likeness (QED) is 0.428. The van der Waals surface area contributed by atoms with Gasteiger partial charge in [-0.2, -0.15) is 0 Å². The average Bonchev–Trinajstić information content (AvgIpc) is 3.32. The third-order valence-electron chi connectivity index (χ3n) is 6.15. The Morgan fingerprint density at radius 1 is 1.06 bits per heavy atom. The first-order valence-corrected chi connectivity index (χ1v) is 11.7. The molecule has 1 aliphatic rings. The van der Waals surface area contributed by atoms with E-state index in [4.69, 9.17) is 4.74 Å². The standard InChI is InChI=1S/C27H29N5O2/c1-2-28-25-9-6-12-29-26(25)31-13-15-32(16-14-31)27(33)23-18-30-24-11-10-21(17-22(23)24)34-19-20-7-4-3-5-8-20/h3-12,17-18,28,30H,2,13-16,19H2,1H3. The van der Waals surface area contributed by atoms with Gasteiger partial charge in [0.15, 0.2) is 5.82 Å². The van der Waals surface area contributed by atoms with Crippen LogP contribution in [-0.4, -0.2) is 53.5 Å². The van der Waals surface area contributed by atoms with Gasteiger partial charge in [-0.1, -0.05) is 30.3 Å². The third-order valence-corrected chi connectivity index (χ3v) is 6.15. The number of hydrogen-bond acceptors (Lipinski definition) is 5. The number of aromatic nitrogens is 2. The summed E-state index contributed by atoms with van der Waals surface area (Å²) in [6.07, 6.45) is 3.62. The molecule has 0 spiro atoms. The number of carbonyl (C=O) groups is 1. The molecule has 3 heterocycles. The van der Waals surface area contributed by atoms with Crippen LogP contribution in [0.25, 0.3) is 10.9 Å². The van der Waals surface area contributed by atoms with Crippen LogP contribution in [0.1, 0.15) is 22.8 Å². The predicted octanol–water partition coefficient (Wildman–Crippen LogP) is 4.54. The number of ether oxygens (including phenoxy) is 1. The van der Waals surface area contributed by atoms with Crippen molar-refractivity contribution in [2.45, 2.75) is 13.5 Å². The van der Waals surface area contributed by atoms with Crippen molar-refractivity contribution in [3.05, 3.63) is 84.2 Å². The number of carbonyl (C=O) groups excluding carboxylic acids is 1. The van der Waals surface area contributed by atoms with Crippen molar-refractivity contribution < 1.29 is 9.53 Å². The Bertz CT molecular complexity index is 1260. The van der Waals surface area contributed by atoms with E-state index in [0.29, 0.717) is 25.3 Å². The summed E-state index contributed by atoms with van der Waals surface area (Å²) in [4.78, 5) is 25.4. The molecule has 4 aromatic rings. The Labute approximate surface area is 199 Å². The molecule has 34 heavy (non-hydrogen) atoms. The van der Waals surface area contributed by atoms with Gasteiger partial charge in [-0.25, -0.2) is 4.98 Å². The lowest BCUT2D eigenvalue weighted by Gasteiger charge is -2.36. The minimum Gasteiger partial charge on any atom is -0.489 e. The van der Waals surface area contributed by atoms with E-state index in [0.717, 1.165) is 53.4 Å². The van der Waals surface area contributed by atoms with Crippen molar-refractivity contribution in [1.29, 1.82) is 0 Å². The number of pyridine rings is 1. The average molecular weight is 456 g/mol. The number of anilines is 2. The van der Waals surface area contributed by atoms with Gasteiger partial charge in [-0.05, 0) is 42.8 Å². The Balaban J connectivity index is 1.27. The Morgan fingerprint density at radius 3 is 2.68 bits per heavy atom. The summed E-state index contributed by atoms with van der Waals surface area (Å²) in [7, 11) is 0. The monoisotopic (exact) mass is 455 g/mol. The highest BCUT2D eigenvalue weighted by atomic mass is 16.5. The van der Waals surface area contributed by atoms with Crippen LogP contribution in [0.2, 0.25) is 0 Å². The molecule has 0 bridgehead atoms. The maximum Gasteiger partial charge on any atom is 0.256 e. The van der Waals surface area contributed by atoms with Crippen molar-refractivity contribution in [2.24, 2.45) is 0 Å². The summed E-state index contributed by atoms with van der Waals surface area (Å²) in [6.45, 7) is 6.20. The van der Waals surface area contributed by atoms with Gasteiger partial charge in [-0.15, -0.1) is 0 Å². The molecule has 1 fully saturated rings. The Morgan fingerprint density at radius 2 is 1.88 bits per heavy atom. The van der Waals surface area contributed by atoms with Crippen molar-refractivity contribution in [3.63, 3.8) is 0 Å². The number of hydrogen-bond donors (Lipinski definition) is 2. The van der Waals surface area contributed by atoms with E-state index < -0.39 is 0 Å². The van der Waals surface area contributed by atoms with Gasteiger partial charge in [0.25, 0.3) is 5.91 Å². The lowest BCUT2D eigenvalue weighted by Crippen LogP contribution is -2.49. The van der Waals surface area contributed by atoms with E-state index in [-0.39, 0.29) is 5.91 Å². The topological polar surface area (TPSA) is 73.5 Å². The van der Waals surface area contributed by atoms with Crippen molar-refractivity contribution in [1.82, 2.24) is 14.9 Å². The zero-order valence-electron chi connectivity index (χ0n) is 19.3. The maximum atomic E-state index is 13.4. The second-order valence-corrected chi connectivity index (χ2v) is 8.37. The van der Waals surface area contributed by atoms with Crippen molar-refractivity contribution >= 4 is 28.3 Å². The molecule has 1 amide bonds. The molecule has 2 aromatic carbocycles. The molecule has 1 aliphatic heterocycles. The molecular weight excluding hydrogens is 426 g/mol. The molecular formula is C27H29N5O2. The van der Waals surface area contributed by atoms with E-state index in [1.54, 1.807) is 0 Å². The van der Waals surface area contributed by atoms with E-state index in [9.17, 15) is 4.79 Å². The van der Waals surface area contributed by atoms with Crippen LogP contribution in [-0.2, 0) is 6.61 Å². The van der Waals surface area contributed by atoms with E-state index in [2.05, 4.69) is 27.1 Å². The third kappa shape index (κ3) is 4.55. The van der Waals surface area contributed by atoms with Gasteiger partial charge in [0, 0.05) is 56.0 Å². The van der Waals surface area contributed by atoms with Crippen LogP contribution in [0.3, 0.4) is 0 Å². The number of aromatic amines is 1. The number of nitrogens with zero attached hydrogens (tertiary/aromatic N) is 3. The number of H-pyrrole nitrogens is 1. The van der Waals surface area contributed by atoms with Gasteiger partial charge < -0.3 is 24.8 Å². The molecule has 5 rings (SSSR count). The number of benzene rings is 2. The van der Waals surface area contributed by atoms with Crippen LogP contribution in [0.4, 0.5) is 11.5 Å². The lowest BCUT2D eigenvalue weighted by atomic mass is 10.1. The number of nitrogens with one attached hydrogen (secondary N) is 2. The van der Waals surface area contributed by atoms with Crippen LogP contribution < -0.4 is 15.0 Å². The van der Waals surface area contributed by atoms with E-state index in [1.165, 1.54) is 0 Å². The number of amides is 1. The molecule has 0 atom stereocenters. The van der Waals surface area contributed by atoms with Crippen molar-refractivity contribution in [3.8, 4) is 5.75 Å². The van der Waals surface area contributed by atoms with E-state index in [1.807, 2.05) is 78.0 Å². The zero-order chi connectivity index (χ0) is 23.3. The van der Waals surface area contributed by atoms with Crippen LogP contribution in [0, 0.1) is 0 Å². The first-order chi connectivity index (χ1) is 16.7. The molecule has 0 unspecified atom stereocenters. The van der Waals surface area contributed by atoms with E-state index >= 15 is 0 Å². The summed E-state index contributed by atoms with van der Waals surface area (Å²) in [5.41, 5.74) is 3.75. The summed E-state index contributed by atoms with van der Waals surface area (Å²) < 4.78 is 5.99. The van der Waals surface area contributed by atoms with Crippen LogP contribution >= 0.6 is 0 Å². The highest BCUT2D eigenvalue weighted by molar-refractivity contribution is 6.07. The smallest absolute Gasteiger partial charge is 0.256 e. The first-order valence-electron chi connectivity index (χ1n) is 11.7. The first kappa shape index (κ1) is 21.8. The second kappa shape index (κ2) is 9.87. The molecule has 174 valence electrons. The van der Waals surface area contributed by atoms with Gasteiger partial charge in [0.2, 0.25) is 0 Å². The van der Waals surface area contributed by atoms with Gasteiger partial charge in [-0.3, -0.25) is 4.79 Å². The summed E-state index contributed by atoms with van der Waals surface area (Å²) in [6, 6.07) is 19.9. The molecule has 2 N–H and O–H groups in total. The second-order valence-electron chi connectivity index (χ2n) is 8.37. The fourth-order valence-electron chi connectivity index (χ4n) is 4.38. The van der Waals surface area contributed by atoms with Crippen LogP contribution in [0.5, 0.6) is 5.75 Å². The molecule has 2 aromatic heterocycles. The fraction of sp³-hybridized carbons (Fsp3) is 0.259. The summed E-state index contributed by atoms with van der Waals surface area (Å²) in [5, 5.41) is 4.26. The highest BCUT2D eigenvalue weighted by Gasteiger charge is 2.25. The van der Waals surface area contributed by atoms with Crippen LogP contribution in [0.15, 0.2) is 73.1 Å². The number of fused-ring (bicyclic) bond motifs is 1. The Hall–Kier alpha value is -4.00. The Kier molecular flexibility index (Phi) is 6.33. The largest absolute Gasteiger partial charge is 0.489 e. The summed E-state index contributed by atoms with van der Waals surface area (Å²) in [5.74, 6) is 1.74. The minimum absolute atomic E-state index is 0.0408. The molecule has 7 heteroatoms. The lowest BCUT2D eigenvalue weighted by molar-refractivity contribution is 0.0748. The maximum absolute atomic E-state index is 13.4. The predicted molar refractivity (Wildman–Crippen MR) is 136 cm³/mol. The molecule has 0 saturated carbocycles. The number of rotatable bonds is 7. The van der Waals surface area contributed by atoms with Crippen molar-refractivity contribution in [2.75, 3.05) is 42.9 Å². The number of piperazine rings is 1. The van der Waals surface area contributed by atoms with Gasteiger partial charge >= 0.3 is 0 Å². The molecule has 1 saturated heterocycles. The SMILES string of the molecule is CCNc1cccnc1N1CCN(C(=O)c2c[nH]c3ccc(OCc4ccccc4)cc23)CC1.